The number of benzene rings is 1. The molecule has 0 heterocycles. The van der Waals surface area contributed by atoms with Crippen LogP contribution in [0.2, 0.25) is 0 Å². The average molecular weight is 256 g/mol. The second-order valence-electron chi connectivity index (χ2n) is 3.09. The van der Waals surface area contributed by atoms with Crippen molar-refractivity contribution in [1.29, 1.82) is 5.26 Å². The predicted molar refractivity (Wildman–Crippen MR) is 54.1 cm³/mol. The summed E-state index contributed by atoms with van der Waals surface area (Å²) in [4.78, 5) is 21.0. The van der Waals surface area contributed by atoms with Crippen LogP contribution < -0.4 is 0 Å². The summed E-state index contributed by atoms with van der Waals surface area (Å²) in [6.45, 7) is 0. The maximum atomic E-state index is 12.6. The van der Waals surface area contributed by atoms with Crippen LogP contribution in [-0.2, 0) is 4.74 Å². The van der Waals surface area contributed by atoms with E-state index in [2.05, 4.69) is 4.74 Å². The standard InChI is InChI=1S/C10H6F2N2O4/c1-18-10(15)7-5(4-13)2-3-6(9(11)12)8(7)14(16)17/h2-3,9H,1H3. The molecule has 0 N–H and O–H groups in total. The highest BCUT2D eigenvalue weighted by Gasteiger charge is 2.32. The molecular weight excluding hydrogens is 250 g/mol. The van der Waals surface area contributed by atoms with Crippen LogP contribution in [-0.4, -0.2) is 18.0 Å². The van der Waals surface area contributed by atoms with E-state index in [4.69, 9.17) is 5.26 Å². The molecule has 0 aromatic heterocycles. The third-order valence-corrected chi connectivity index (χ3v) is 2.14. The van der Waals surface area contributed by atoms with Crippen molar-refractivity contribution in [2.24, 2.45) is 0 Å². The first-order valence-electron chi connectivity index (χ1n) is 4.51. The van der Waals surface area contributed by atoms with E-state index < -0.39 is 39.7 Å². The molecule has 1 aromatic rings. The number of nitrogens with zero attached hydrogens (tertiary/aromatic N) is 2. The molecule has 0 aliphatic heterocycles. The van der Waals surface area contributed by atoms with Gasteiger partial charge in [0, 0.05) is 0 Å². The van der Waals surface area contributed by atoms with Gasteiger partial charge in [0.2, 0.25) is 0 Å². The lowest BCUT2D eigenvalue weighted by Gasteiger charge is -2.07. The number of halogens is 2. The van der Waals surface area contributed by atoms with Crippen LogP contribution in [0.1, 0.15) is 27.9 Å². The number of alkyl halides is 2. The number of nitro groups is 1. The Labute approximate surface area is 99.5 Å². The van der Waals surface area contributed by atoms with Crippen molar-refractivity contribution in [3.8, 4) is 6.07 Å². The molecule has 0 fully saturated rings. The highest BCUT2D eigenvalue weighted by molar-refractivity contribution is 5.97. The molecule has 0 atom stereocenters. The topological polar surface area (TPSA) is 93.2 Å². The Kier molecular flexibility index (Phi) is 3.89. The van der Waals surface area contributed by atoms with Crippen molar-refractivity contribution in [2.75, 3.05) is 7.11 Å². The molecule has 0 spiro atoms. The highest BCUT2D eigenvalue weighted by atomic mass is 19.3. The van der Waals surface area contributed by atoms with E-state index in [-0.39, 0.29) is 0 Å². The van der Waals surface area contributed by atoms with E-state index in [9.17, 15) is 23.7 Å². The van der Waals surface area contributed by atoms with Crippen LogP contribution in [0.15, 0.2) is 12.1 Å². The average Bonchev–Trinajstić information content (AvgIpc) is 2.35. The van der Waals surface area contributed by atoms with E-state index in [1.54, 1.807) is 0 Å². The number of nitro benzene ring substituents is 1. The van der Waals surface area contributed by atoms with Crippen LogP contribution in [0.25, 0.3) is 0 Å². The summed E-state index contributed by atoms with van der Waals surface area (Å²) in [6.07, 6.45) is -3.14. The fourth-order valence-corrected chi connectivity index (χ4v) is 1.38. The Bertz CT molecular complexity index is 552. The van der Waals surface area contributed by atoms with Crippen LogP contribution >= 0.6 is 0 Å². The molecule has 1 aromatic carbocycles. The summed E-state index contributed by atoms with van der Waals surface area (Å²) < 4.78 is 29.5. The lowest BCUT2D eigenvalue weighted by atomic mass is 10.0. The predicted octanol–water partition coefficient (Wildman–Crippen LogP) is 2.19. The molecule has 0 saturated carbocycles. The minimum Gasteiger partial charge on any atom is -0.465 e. The highest BCUT2D eigenvalue weighted by Crippen LogP contribution is 2.34. The summed E-state index contributed by atoms with van der Waals surface area (Å²) in [5.74, 6) is -1.21. The third kappa shape index (κ3) is 2.24. The van der Waals surface area contributed by atoms with Gasteiger partial charge in [0.25, 0.3) is 12.1 Å². The number of hydrogen-bond donors (Lipinski definition) is 0. The Hall–Kier alpha value is -2.56. The van der Waals surface area contributed by atoms with Gasteiger partial charge in [-0.05, 0) is 12.1 Å². The zero-order valence-electron chi connectivity index (χ0n) is 9.02. The van der Waals surface area contributed by atoms with E-state index in [1.807, 2.05) is 0 Å². The molecule has 94 valence electrons. The van der Waals surface area contributed by atoms with Crippen LogP contribution in [0, 0.1) is 21.4 Å². The molecule has 0 bridgehead atoms. The summed E-state index contributed by atoms with van der Waals surface area (Å²) in [6, 6.07) is 3.18. The molecule has 18 heavy (non-hydrogen) atoms. The molecule has 0 aliphatic rings. The van der Waals surface area contributed by atoms with Crippen molar-refractivity contribution in [3.05, 3.63) is 38.9 Å². The fourth-order valence-electron chi connectivity index (χ4n) is 1.38. The second-order valence-corrected chi connectivity index (χ2v) is 3.09. The van der Waals surface area contributed by atoms with Gasteiger partial charge in [0.05, 0.1) is 23.2 Å². The van der Waals surface area contributed by atoms with Crippen molar-refractivity contribution < 1.29 is 23.2 Å². The van der Waals surface area contributed by atoms with Crippen LogP contribution in [0.5, 0.6) is 0 Å². The minimum absolute atomic E-state index is 0.391. The lowest BCUT2D eigenvalue weighted by Crippen LogP contribution is -2.11. The van der Waals surface area contributed by atoms with Crippen LogP contribution in [0.3, 0.4) is 0 Å². The molecule has 8 heteroatoms. The molecular formula is C10H6F2N2O4. The molecule has 0 amide bonds. The van der Waals surface area contributed by atoms with Crippen molar-refractivity contribution in [2.45, 2.75) is 6.43 Å². The SMILES string of the molecule is COC(=O)c1c(C#N)ccc(C(F)F)c1[N+](=O)[O-]. The number of rotatable bonds is 3. The van der Waals surface area contributed by atoms with Gasteiger partial charge in [-0.25, -0.2) is 13.6 Å². The minimum atomic E-state index is -3.14. The number of esters is 1. The lowest BCUT2D eigenvalue weighted by molar-refractivity contribution is -0.386. The zero-order chi connectivity index (χ0) is 13.9. The summed E-state index contributed by atoms with van der Waals surface area (Å²) in [5.41, 5.74) is -3.18. The van der Waals surface area contributed by atoms with E-state index >= 15 is 0 Å². The van der Waals surface area contributed by atoms with E-state index in [1.165, 1.54) is 6.07 Å². The third-order valence-electron chi connectivity index (χ3n) is 2.14. The maximum Gasteiger partial charge on any atom is 0.346 e. The van der Waals surface area contributed by atoms with Gasteiger partial charge in [-0.1, -0.05) is 0 Å². The summed E-state index contributed by atoms with van der Waals surface area (Å²) in [7, 11) is 0.933. The molecule has 0 saturated heterocycles. The fraction of sp³-hybridized carbons (Fsp3) is 0.200. The normalized spacial score (nSPS) is 9.94. The Morgan fingerprint density at radius 2 is 2.17 bits per heavy atom. The molecule has 1 rings (SSSR count). The van der Waals surface area contributed by atoms with Crippen molar-refractivity contribution in [1.82, 2.24) is 0 Å². The van der Waals surface area contributed by atoms with Gasteiger partial charge in [-0.2, -0.15) is 5.26 Å². The number of carbonyl (C=O) groups excluding carboxylic acids is 1. The van der Waals surface area contributed by atoms with Crippen molar-refractivity contribution >= 4 is 11.7 Å². The largest absolute Gasteiger partial charge is 0.465 e. The number of methoxy groups -OCH3 is 1. The molecule has 6 nitrogen and oxygen atoms in total. The number of carbonyl (C=O) groups is 1. The smallest absolute Gasteiger partial charge is 0.346 e. The quantitative estimate of drug-likeness (QED) is 0.469. The Balaban J connectivity index is 3.71. The first-order valence-corrected chi connectivity index (χ1v) is 4.51. The first kappa shape index (κ1) is 13.5. The zero-order valence-corrected chi connectivity index (χ0v) is 9.02. The van der Waals surface area contributed by atoms with E-state index in [0.29, 0.717) is 0 Å². The van der Waals surface area contributed by atoms with Crippen molar-refractivity contribution in [3.63, 3.8) is 0 Å². The molecule has 0 aliphatic carbocycles. The molecule has 0 unspecified atom stereocenters. The number of ether oxygens (including phenoxy) is 1. The monoisotopic (exact) mass is 256 g/mol. The van der Waals surface area contributed by atoms with Crippen LogP contribution in [0.4, 0.5) is 14.5 Å². The summed E-state index contributed by atoms with van der Waals surface area (Å²) >= 11 is 0. The van der Waals surface area contributed by atoms with Gasteiger partial charge >= 0.3 is 5.97 Å². The van der Waals surface area contributed by atoms with Gasteiger partial charge < -0.3 is 4.74 Å². The van der Waals surface area contributed by atoms with Gasteiger partial charge in [-0.3, -0.25) is 10.1 Å². The number of nitriles is 1. The second kappa shape index (κ2) is 5.18. The van der Waals surface area contributed by atoms with Gasteiger partial charge in [0.15, 0.2) is 5.56 Å². The van der Waals surface area contributed by atoms with Gasteiger partial charge in [-0.15, -0.1) is 0 Å². The first-order chi connectivity index (χ1) is 8.43. The Morgan fingerprint density at radius 3 is 2.56 bits per heavy atom. The Morgan fingerprint density at radius 1 is 1.56 bits per heavy atom. The van der Waals surface area contributed by atoms with Gasteiger partial charge in [0.1, 0.15) is 6.07 Å². The van der Waals surface area contributed by atoms with E-state index in [0.717, 1.165) is 19.2 Å². The maximum absolute atomic E-state index is 12.6. The molecule has 0 radical (unpaired) electrons. The summed E-state index contributed by atoms with van der Waals surface area (Å²) in [5, 5.41) is 19.5. The number of hydrogen-bond acceptors (Lipinski definition) is 5.